The molecule has 0 aromatic heterocycles. The molecule has 1 aromatic carbocycles. The number of halogens is 3. The van der Waals surface area contributed by atoms with Crippen molar-refractivity contribution in [2.45, 2.75) is 26.8 Å². The SMILES string of the molecule is CC(C)(C)[C@@H](N)c1ccc(F)cc1Cl.Cl. The summed E-state index contributed by atoms with van der Waals surface area (Å²) < 4.78 is 12.8. The lowest BCUT2D eigenvalue weighted by atomic mass is 9.83. The fourth-order valence-electron chi connectivity index (χ4n) is 1.22. The Morgan fingerprint density at radius 2 is 1.87 bits per heavy atom. The molecular formula is C11H16Cl2FN. The predicted molar refractivity (Wildman–Crippen MR) is 65.0 cm³/mol. The van der Waals surface area contributed by atoms with E-state index in [1.54, 1.807) is 6.07 Å². The van der Waals surface area contributed by atoms with Crippen molar-refractivity contribution in [3.05, 3.63) is 34.6 Å². The second-order valence-electron chi connectivity index (χ2n) is 4.51. The van der Waals surface area contributed by atoms with E-state index >= 15 is 0 Å². The smallest absolute Gasteiger partial charge is 0.124 e. The summed E-state index contributed by atoms with van der Waals surface area (Å²) in [6.45, 7) is 6.08. The van der Waals surface area contributed by atoms with E-state index in [-0.39, 0.29) is 29.7 Å². The summed E-state index contributed by atoms with van der Waals surface area (Å²) in [7, 11) is 0. The van der Waals surface area contributed by atoms with E-state index in [4.69, 9.17) is 17.3 Å². The molecule has 1 nitrogen and oxygen atoms in total. The van der Waals surface area contributed by atoms with Gasteiger partial charge in [-0.05, 0) is 23.1 Å². The summed E-state index contributed by atoms with van der Waals surface area (Å²) in [5.41, 5.74) is 6.73. The molecule has 0 saturated carbocycles. The molecule has 0 aliphatic rings. The minimum absolute atomic E-state index is 0. The van der Waals surface area contributed by atoms with Gasteiger partial charge in [-0.3, -0.25) is 0 Å². The van der Waals surface area contributed by atoms with Gasteiger partial charge in [0.15, 0.2) is 0 Å². The monoisotopic (exact) mass is 251 g/mol. The molecule has 0 spiro atoms. The third-order valence-electron chi connectivity index (χ3n) is 2.23. The highest BCUT2D eigenvalue weighted by atomic mass is 35.5. The molecule has 1 aromatic rings. The molecule has 0 unspecified atom stereocenters. The molecule has 4 heteroatoms. The first-order valence-electron chi connectivity index (χ1n) is 4.53. The number of hydrogen-bond acceptors (Lipinski definition) is 1. The van der Waals surface area contributed by atoms with Gasteiger partial charge in [-0.1, -0.05) is 38.4 Å². The van der Waals surface area contributed by atoms with Crippen LogP contribution in [-0.4, -0.2) is 0 Å². The van der Waals surface area contributed by atoms with E-state index in [2.05, 4.69) is 0 Å². The Balaban J connectivity index is 0.00000196. The zero-order chi connectivity index (χ0) is 10.9. The summed E-state index contributed by atoms with van der Waals surface area (Å²) in [6, 6.07) is 4.14. The Morgan fingerprint density at radius 3 is 2.27 bits per heavy atom. The zero-order valence-corrected chi connectivity index (χ0v) is 10.6. The molecule has 0 amide bonds. The van der Waals surface area contributed by atoms with Gasteiger partial charge in [-0.15, -0.1) is 12.4 Å². The molecular weight excluding hydrogens is 236 g/mol. The normalized spacial score (nSPS) is 13.2. The highest BCUT2D eigenvalue weighted by molar-refractivity contribution is 6.31. The second kappa shape index (κ2) is 5.15. The Kier molecular flexibility index (Phi) is 5.04. The van der Waals surface area contributed by atoms with Crippen LogP contribution in [0.4, 0.5) is 4.39 Å². The fraction of sp³-hybridized carbons (Fsp3) is 0.455. The highest BCUT2D eigenvalue weighted by Gasteiger charge is 2.24. The molecule has 0 aliphatic carbocycles. The molecule has 0 radical (unpaired) electrons. The van der Waals surface area contributed by atoms with Crippen LogP contribution >= 0.6 is 24.0 Å². The topological polar surface area (TPSA) is 26.0 Å². The first-order chi connectivity index (χ1) is 6.32. The average Bonchev–Trinajstić information content (AvgIpc) is 2.01. The third kappa shape index (κ3) is 3.63. The fourth-order valence-corrected chi connectivity index (χ4v) is 1.51. The molecule has 86 valence electrons. The van der Waals surface area contributed by atoms with Crippen LogP contribution in [0.2, 0.25) is 5.02 Å². The lowest BCUT2D eigenvalue weighted by Gasteiger charge is -2.28. The maximum atomic E-state index is 12.8. The molecule has 0 heterocycles. The van der Waals surface area contributed by atoms with Crippen molar-refractivity contribution in [1.82, 2.24) is 0 Å². The third-order valence-corrected chi connectivity index (χ3v) is 2.56. The lowest BCUT2D eigenvalue weighted by molar-refractivity contribution is 0.327. The van der Waals surface area contributed by atoms with Gasteiger partial charge in [0.2, 0.25) is 0 Å². The van der Waals surface area contributed by atoms with Crippen LogP contribution in [0.1, 0.15) is 32.4 Å². The minimum atomic E-state index is -0.333. The lowest BCUT2D eigenvalue weighted by Crippen LogP contribution is -2.26. The summed E-state index contributed by atoms with van der Waals surface area (Å²) in [6.07, 6.45) is 0. The number of nitrogens with two attached hydrogens (primary N) is 1. The van der Waals surface area contributed by atoms with Crippen LogP contribution in [0.15, 0.2) is 18.2 Å². The predicted octanol–water partition coefficient (Wildman–Crippen LogP) is 3.95. The van der Waals surface area contributed by atoms with E-state index in [0.717, 1.165) is 5.56 Å². The van der Waals surface area contributed by atoms with Gasteiger partial charge < -0.3 is 5.73 Å². The Morgan fingerprint density at radius 1 is 1.33 bits per heavy atom. The van der Waals surface area contributed by atoms with E-state index in [1.807, 2.05) is 20.8 Å². The molecule has 1 rings (SSSR count). The van der Waals surface area contributed by atoms with Crippen LogP contribution in [0.5, 0.6) is 0 Å². The Bertz CT molecular complexity index is 334. The van der Waals surface area contributed by atoms with Crippen molar-refractivity contribution in [2.24, 2.45) is 11.1 Å². The van der Waals surface area contributed by atoms with Crippen LogP contribution in [0.3, 0.4) is 0 Å². The molecule has 15 heavy (non-hydrogen) atoms. The van der Waals surface area contributed by atoms with Gasteiger partial charge >= 0.3 is 0 Å². The quantitative estimate of drug-likeness (QED) is 0.804. The largest absolute Gasteiger partial charge is 0.323 e. The standard InChI is InChI=1S/C11H15ClFN.ClH/c1-11(2,3)10(14)8-5-4-7(13)6-9(8)12;/h4-6,10H,14H2,1-3H3;1H/t10-;/m0./s1. The second-order valence-corrected chi connectivity index (χ2v) is 4.92. The summed E-state index contributed by atoms with van der Waals surface area (Å²) in [5.74, 6) is -0.333. The zero-order valence-electron chi connectivity index (χ0n) is 9.05. The molecule has 2 N–H and O–H groups in total. The molecule has 0 fully saturated rings. The van der Waals surface area contributed by atoms with E-state index < -0.39 is 0 Å². The van der Waals surface area contributed by atoms with Crippen molar-refractivity contribution < 1.29 is 4.39 Å². The van der Waals surface area contributed by atoms with Gasteiger partial charge in [0.25, 0.3) is 0 Å². The van der Waals surface area contributed by atoms with Crippen molar-refractivity contribution >= 4 is 24.0 Å². The van der Waals surface area contributed by atoms with E-state index in [0.29, 0.717) is 5.02 Å². The summed E-state index contributed by atoms with van der Waals surface area (Å²) in [4.78, 5) is 0. The molecule has 1 atom stereocenters. The van der Waals surface area contributed by atoms with Crippen molar-refractivity contribution in [2.75, 3.05) is 0 Å². The van der Waals surface area contributed by atoms with Gasteiger partial charge in [-0.2, -0.15) is 0 Å². The Hall–Kier alpha value is -0.310. The summed E-state index contributed by atoms with van der Waals surface area (Å²) >= 11 is 5.91. The van der Waals surface area contributed by atoms with Crippen molar-refractivity contribution in [3.63, 3.8) is 0 Å². The highest BCUT2D eigenvalue weighted by Crippen LogP contribution is 2.34. The Labute approximate surface area is 101 Å². The van der Waals surface area contributed by atoms with Crippen LogP contribution < -0.4 is 5.73 Å². The summed E-state index contributed by atoms with van der Waals surface area (Å²) in [5, 5.41) is 0.396. The van der Waals surface area contributed by atoms with E-state index in [9.17, 15) is 4.39 Å². The molecule has 0 saturated heterocycles. The van der Waals surface area contributed by atoms with Crippen molar-refractivity contribution in [1.29, 1.82) is 0 Å². The van der Waals surface area contributed by atoms with Crippen LogP contribution in [0, 0.1) is 11.2 Å². The van der Waals surface area contributed by atoms with E-state index in [1.165, 1.54) is 12.1 Å². The minimum Gasteiger partial charge on any atom is -0.323 e. The molecule has 0 aliphatic heterocycles. The van der Waals surface area contributed by atoms with Gasteiger partial charge in [0, 0.05) is 11.1 Å². The van der Waals surface area contributed by atoms with Gasteiger partial charge in [-0.25, -0.2) is 4.39 Å². The van der Waals surface area contributed by atoms with Crippen molar-refractivity contribution in [3.8, 4) is 0 Å². The van der Waals surface area contributed by atoms with Gasteiger partial charge in [0.1, 0.15) is 5.82 Å². The van der Waals surface area contributed by atoms with Crippen LogP contribution in [0.25, 0.3) is 0 Å². The van der Waals surface area contributed by atoms with Crippen LogP contribution in [-0.2, 0) is 0 Å². The number of rotatable bonds is 1. The first-order valence-corrected chi connectivity index (χ1v) is 4.90. The average molecular weight is 252 g/mol. The number of benzene rings is 1. The molecule has 0 bridgehead atoms. The maximum absolute atomic E-state index is 12.8. The first kappa shape index (κ1) is 14.7. The van der Waals surface area contributed by atoms with Gasteiger partial charge in [0.05, 0.1) is 0 Å². The number of hydrogen-bond donors (Lipinski definition) is 1. The maximum Gasteiger partial charge on any atom is 0.124 e.